The van der Waals surface area contributed by atoms with Gasteiger partial charge in [-0.2, -0.15) is 0 Å². The third-order valence-electron chi connectivity index (χ3n) is 3.52. The molecule has 2 heterocycles. The Hall–Kier alpha value is -1.82. The number of rotatable bonds is 7. The molecule has 0 aromatic carbocycles. The molecule has 6 heteroatoms. The molecule has 2 rings (SSSR count). The molecule has 1 aromatic rings. The second kappa shape index (κ2) is 7.83. The minimum absolute atomic E-state index is 0.0245. The van der Waals surface area contributed by atoms with E-state index in [1.807, 2.05) is 13.0 Å². The van der Waals surface area contributed by atoms with Gasteiger partial charge in [0.15, 0.2) is 0 Å². The van der Waals surface area contributed by atoms with Gasteiger partial charge in [-0.3, -0.25) is 4.79 Å². The Balaban J connectivity index is 1.56. The zero-order valence-electron chi connectivity index (χ0n) is 12.5. The Bertz CT molecular complexity index is 473. The first-order valence-corrected chi connectivity index (χ1v) is 7.52. The highest BCUT2D eigenvalue weighted by Crippen LogP contribution is 2.14. The Kier molecular flexibility index (Phi) is 5.80. The molecule has 1 aliphatic rings. The van der Waals surface area contributed by atoms with Crippen molar-refractivity contribution in [3.05, 3.63) is 17.8 Å². The van der Waals surface area contributed by atoms with E-state index in [0.29, 0.717) is 18.8 Å². The van der Waals surface area contributed by atoms with Gasteiger partial charge in [-0.25, -0.2) is 4.98 Å². The van der Waals surface area contributed by atoms with E-state index >= 15 is 0 Å². The monoisotopic (exact) mass is 292 g/mol. The molecule has 1 aromatic heterocycles. The SMILES string of the molecule is Cc1cc(N)cnc1NCCCCNC(=O)C1CCCO1. The van der Waals surface area contributed by atoms with Crippen LogP contribution in [-0.2, 0) is 9.53 Å². The number of nitrogen functional groups attached to an aromatic ring is 1. The van der Waals surface area contributed by atoms with E-state index in [9.17, 15) is 4.79 Å². The molecule has 1 saturated heterocycles. The summed E-state index contributed by atoms with van der Waals surface area (Å²) >= 11 is 0. The van der Waals surface area contributed by atoms with Gasteiger partial charge in [0, 0.05) is 19.7 Å². The highest BCUT2D eigenvalue weighted by molar-refractivity contribution is 5.80. The van der Waals surface area contributed by atoms with E-state index in [2.05, 4.69) is 15.6 Å². The lowest BCUT2D eigenvalue weighted by Gasteiger charge is -2.11. The number of hydrogen-bond acceptors (Lipinski definition) is 5. The summed E-state index contributed by atoms with van der Waals surface area (Å²) < 4.78 is 5.33. The maximum absolute atomic E-state index is 11.7. The summed E-state index contributed by atoms with van der Waals surface area (Å²) in [4.78, 5) is 16.0. The fraction of sp³-hybridized carbons (Fsp3) is 0.600. The van der Waals surface area contributed by atoms with Crippen LogP contribution in [0.4, 0.5) is 11.5 Å². The number of nitrogens with one attached hydrogen (secondary N) is 2. The Morgan fingerprint density at radius 1 is 1.48 bits per heavy atom. The van der Waals surface area contributed by atoms with Crippen LogP contribution in [0.1, 0.15) is 31.2 Å². The Labute approximate surface area is 125 Å². The number of hydrogen-bond donors (Lipinski definition) is 3. The second-order valence-electron chi connectivity index (χ2n) is 5.36. The molecular weight excluding hydrogens is 268 g/mol. The molecule has 1 atom stereocenters. The summed E-state index contributed by atoms with van der Waals surface area (Å²) in [6.07, 6.45) is 5.14. The van der Waals surface area contributed by atoms with Crippen molar-refractivity contribution < 1.29 is 9.53 Å². The van der Waals surface area contributed by atoms with Crippen molar-refractivity contribution in [1.82, 2.24) is 10.3 Å². The average molecular weight is 292 g/mol. The summed E-state index contributed by atoms with van der Waals surface area (Å²) in [5.74, 6) is 0.893. The van der Waals surface area contributed by atoms with Crippen LogP contribution >= 0.6 is 0 Å². The number of carbonyl (C=O) groups excluding carboxylic acids is 1. The van der Waals surface area contributed by atoms with Gasteiger partial charge in [0.1, 0.15) is 11.9 Å². The topological polar surface area (TPSA) is 89.3 Å². The second-order valence-corrected chi connectivity index (χ2v) is 5.36. The lowest BCUT2D eigenvalue weighted by atomic mass is 10.2. The molecule has 1 fully saturated rings. The number of pyridine rings is 1. The summed E-state index contributed by atoms with van der Waals surface area (Å²) in [7, 11) is 0. The lowest BCUT2D eigenvalue weighted by Crippen LogP contribution is -2.34. The molecule has 1 aliphatic heterocycles. The van der Waals surface area contributed by atoms with E-state index in [4.69, 9.17) is 10.5 Å². The first kappa shape index (κ1) is 15.6. The van der Waals surface area contributed by atoms with Gasteiger partial charge in [0.2, 0.25) is 5.91 Å². The molecule has 6 nitrogen and oxygen atoms in total. The number of nitrogens with zero attached hydrogens (tertiary/aromatic N) is 1. The smallest absolute Gasteiger partial charge is 0.249 e. The van der Waals surface area contributed by atoms with Gasteiger partial charge < -0.3 is 21.1 Å². The number of anilines is 2. The number of unbranched alkanes of at least 4 members (excludes halogenated alkanes) is 1. The highest BCUT2D eigenvalue weighted by atomic mass is 16.5. The molecule has 0 radical (unpaired) electrons. The summed E-state index contributed by atoms with van der Waals surface area (Å²) in [5.41, 5.74) is 7.38. The number of ether oxygens (including phenoxy) is 1. The molecule has 4 N–H and O–H groups in total. The Morgan fingerprint density at radius 3 is 3.00 bits per heavy atom. The van der Waals surface area contributed by atoms with E-state index in [1.54, 1.807) is 6.20 Å². The van der Waals surface area contributed by atoms with Crippen molar-refractivity contribution >= 4 is 17.4 Å². The predicted molar refractivity (Wildman–Crippen MR) is 83.1 cm³/mol. The summed E-state index contributed by atoms with van der Waals surface area (Å²) in [5, 5.41) is 6.20. The maximum atomic E-state index is 11.7. The van der Waals surface area contributed by atoms with Crippen molar-refractivity contribution in [1.29, 1.82) is 0 Å². The fourth-order valence-electron chi connectivity index (χ4n) is 2.35. The van der Waals surface area contributed by atoms with Crippen molar-refractivity contribution in [2.24, 2.45) is 0 Å². The van der Waals surface area contributed by atoms with Gasteiger partial charge >= 0.3 is 0 Å². The molecule has 0 saturated carbocycles. The van der Waals surface area contributed by atoms with Gasteiger partial charge in [-0.05, 0) is 44.2 Å². The van der Waals surface area contributed by atoms with Crippen LogP contribution in [0.2, 0.25) is 0 Å². The number of nitrogens with two attached hydrogens (primary N) is 1. The first-order valence-electron chi connectivity index (χ1n) is 7.52. The molecule has 0 aliphatic carbocycles. The molecule has 116 valence electrons. The van der Waals surface area contributed by atoms with Gasteiger partial charge in [0.25, 0.3) is 0 Å². The van der Waals surface area contributed by atoms with Crippen molar-refractivity contribution in [2.45, 2.75) is 38.7 Å². The summed E-state index contributed by atoms with van der Waals surface area (Å²) in [6.45, 7) is 4.20. The van der Waals surface area contributed by atoms with E-state index in [0.717, 1.165) is 43.6 Å². The highest BCUT2D eigenvalue weighted by Gasteiger charge is 2.22. The van der Waals surface area contributed by atoms with Crippen molar-refractivity contribution in [2.75, 3.05) is 30.7 Å². The van der Waals surface area contributed by atoms with Crippen LogP contribution in [-0.4, -0.2) is 36.7 Å². The van der Waals surface area contributed by atoms with Gasteiger partial charge in [0.05, 0.1) is 11.9 Å². The molecule has 0 bridgehead atoms. The van der Waals surface area contributed by atoms with Crippen LogP contribution in [0.15, 0.2) is 12.3 Å². The molecule has 0 spiro atoms. The van der Waals surface area contributed by atoms with Crippen molar-refractivity contribution in [3.63, 3.8) is 0 Å². The van der Waals surface area contributed by atoms with E-state index in [1.165, 1.54) is 0 Å². The van der Waals surface area contributed by atoms with E-state index < -0.39 is 0 Å². The average Bonchev–Trinajstić information content (AvgIpc) is 2.98. The molecular formula is C15H24N4O2. The number of carbonyl (C=O) groups is 1. The molecule has 1 unspecified atom stereocenters. The third kappa shape index (κ3) is 4.90. The maximum Gasteiger partial charge on any atom is 0.249 e. The first-order chi connectivity index (χ1) is 10.2. The van der Waals surface area contributed by atoms with Crippen LogP contribution < -0.4 is 16.4 Å². The number of amides is 1. The molecule has 1 amide bonds. The lowest BCUT2D eigenvalue weighted by molar-refractivity contribution is -0.130. The standard InChI is InChI=1S/C15H24N4O2/c1-11-9-12(16)10-19-14(11)17-6-2-3-7-18-15(20)13-5-4-8-21-13/h9-10,13H,2-8,16H2,1H3,(H,17,19)(H,18,20). The predicted octanol–water partition coefficient (Wildman–Crippen LogP) is 1.46. The van der Waals surface area contributed by atoms with Crippen LogP contribution in [0, 0.1) is 6.92 Å². The Morgan fingerprint density at radius 2 is 2.29 bits per heavy atom. The summed E-state index contributed by atoms with van der Waals surface area (Å²) in [6, 6.07) is 1.90. The zero-order valence-corrected chi connectivity index (χ0v) is 12.5. The zero-order chi connectivity index (χ0) is 15.1. The van der Waals surface area contributed by atoms with Gasteiger partial charge in [-0.1, -0.05) is 0 Å². The quantitative estimate of drug-likeness (QED) is 0.662. The number of aromatic nitrogens is 1. The normalized spacial score (nSPS) is 17.7. The number of aryl methyl sites for hydroxylation is 1. The van der Waals surface area contributed by atoms with Crippen LogP contribution in [0.25, 0.3) is 0 Å². The molecule has 21 heavy (non-hydrogen) atoms. The minimum atomic E-state index is -0.232. The largest absolute Gasteiger partial charge is 0.397 e. The fourth-order valence-corrected chi connectivity index (χ4v) is 2.35. The van der Waals surface area contributed by atoms with Gasteiger partial charge in [-0.15, -0.1) is 0 Å². The minimum Gasteiger partial charge on any atom is -0.397 e. The van der Waals surface area contributed by atoms with E-state index in [-0.39, 0.29) is 12.0 Å². The van der Waals surface area contributed by atoms with Crippen LogP contribution in [0.3, 0.4) is 0 Å². The van der Waals surface area contributed by atoms with Crippen LogP contribution in [0.5, 0.6) is 0 Å². The van der Waals surface area contributed by atoms with Crippen molar-refractivity contribution in [3.8, 4) is 0 Å². The third-order valence-corrected chi connectivity index (χ3v) is 3.52.